The highest BCUT2D eigenvalue weighted by atomic mass is 79.9. The molecule has 0 aliphatic rings. The zero-order valence-corrected chi connectivity index (χ0v) is 13.2. The standard InChI is InChI=1S/C14H23BrN2O/c1-10(2)17(11(3)4)7-8-18-14-6-5-12(15)9-13(14)16/h5-6,9-11H,7-8,16H2,1-4H3. The molecular weight excluding hydrogens is 292 g/mol. The van der Waals surface area contributed by atoms with Gasteiger partial charge in [-0.05, 0) is 45.9 Å². The molecule has 0 aliphatic carbocycles. The summed E-state index contributed by atoms with van der Waals surface area (Å²) in [5, 5.41) is 0. The maximum Gasteiger partial charge on any atom is 0.142 e. The van der Waals surface area contributed by atoms with E-state index in [0.29, 0.717) is 24.4 Å². The third-order valence-corrected chi connectivity index (χ3v) is 3.40. The van der Waals surface area contributed by atoms with Gasteiger partial charge in [-0.1, -0.05) is 15.9 Å². The van der Waals surface area contributed by atoms with Crippen molar-refractivity contribution in [3.8, 4) is 5.75 Å². The summed E-state index contributed by atoms with van der Waals surface area (Å²) in [5.41, 5.74) is 6.56. The van der Waals surface area contributed by atoms with Crippen LogP contribution in [0.5, 0.6) is 5.75 Å². The number of nitrogen functional groups attached to an aromatic ring is 1. The fourth-order valence-corrected chi connectivity index (χ4v) is 2.40. The van der Waals surface area contributed by atoms with Gasteiger partial charge in [0.05, 0.1) is 5.69 Å². The molecule has 0 atom stereocenters. The van der Waals surface area contributed by atoms with Crippen LogP contribution >= 0.6 is 15.9 Å². The monoisotopic (exact) mass is 314 g/mol. The Bertz CT molecular complexity index is 372. The van der Waals surface area contributed by atoms with Crippen LogP contribution in [0.25, 0.3) is 0 Å². The Hall–Kier alpha value is -0.740. The van der Waals surface area contributed by atoms with Crippen LogP contribution in [-0.4, -0.2) is 30.1 Å². The number of halogens is 1. The molecule has 0 aromatic heterocycles. The van der Waals surface area contributed by atoms with Crippen molar-refractivity contribution < 1.29 is 4.74 Å². The first kappa shape index (κ1) is 15.3. The van der Waals surface area contributed by atoms with E-state index < -0.39 is 0 Å². The van der Waals surface area contributed by atoms with Crippen LogP contribution in [0.3, 0.4) is 0 Å². The van der Waals surface area contributed by atoms with Gasteiger partial charge in [0, 0.05) is 23.1 Å². The molecule has 0 fully saturated rings. The Morgan fingerprint density at radius 2 is 1.83 bits per heavy atom. The zero-order chi connectivity index (χ0) is 13.7. The van der Waals surface area contributed by atoms with E-state index in [2.05, 4.69) is 48.5 Å². The molecule has 0 saturated carbocycles. The molecule has 0 radical (unpaired) electrons. The van der Waals surface area contributed by atoms with E-state index in [1.54, 1.807) is 0 Å². The summed E-state index contributed by atoms with van der Waals surface area (Å²) in [7, 11) is 0. The van der Waals surface area contributed by atoms with Crippen LogP contribution in [0.2, 0.25) is 0 Å². The van der Waals surface area contributed by atoms with E-state index in [0.717, 1.165) is 16.8 Å². The second kappa shape index (κ2) is 7.00. The minimum atomic E-state index is 0.524. The molecule has 0 unspecified atom stereocenters. The van der Waals surface area contributed by atoms with E-state index in [1.807, 2.05) is 18.2 Å². The van der Waals surface area contributed by atoms with Gasteiger partial charge in [0.25, 0.3) is 0 Å². The Labute approximate surface area is 118 Å². The van der Waals surface area contributed by atoms with Gasteiger partial charge in [0.15, 0.2) is 0 Å². The minimum absolute atomic E-state index is 0.524. The lowest BCUT2D eigenvalue weighted by Crippen LogP contribution is -2.39. The van der Waals surface area contributed by atoms with E-state index >= 15 is 0 Å². The van der Waals surface area contributed by atoms with Crippen LogP contribution in [0, 0.1) is 0 Å². The second-order valence-electron chi connectivity index (χ2n) is 4.96. The molecular formula is C14H23BrN2O. The summed E-state index contributed by atoms with van der Waals surface area (Å²) < 4.78 is 6.71. The Kier molecular flexibility index (Phi) is 5.96. The number of ether oxygens (including phenoxy) is 1. The van der Waals surface area contributed by atoms with Crippen molar-refractivity contribution in [2.24, 2.45) is 0 Å². The van der Waals surface area contributed by atoms with Gasteiger partial charge in [-0.25, -0.2) is 0 Å². The van der Waals surface area contributed by atoms with Gasteiger partial charge in [0.1, 0.15) is 12.4 Å². The highest BCUT2D eigenvalue weighted by Crippen LogP contribution is 2.25. The quantitative estimate of drug-likeness (QED) is 0.816. The molecule has 0 aliphatic heterocycles. The third-order valence-electron chi connectivity index (χ3n) is 2.91. The summed E-state index contributed by atoms with van der Waals surface area (Å²) in [6.45, 7) is 10.4. The third kappa shape index (κ3) is 4.50. The molecule has 4 heteroatoms. The van der Waals surface area contributed by atoms with E-state index in [1.165, 1.54) is 0 Å². The summed E-state index contributed by atoms with van der Waals surface area (Å²) in [4.78, 5) is 2.40. The lowest BCUT2D eigenvalue weighted by Gasteiger charge is -2.30. The number of hydrogen-bond acceptors (Lipinski definition) is 3. The SMILES string of the molecule is CC(C)N(CCOc1ccc(Br)cc1N)C(C)C. The first-order valence-corrected chi connectivity index (χ1v) is 7.14. The molecule has 0 spiro atoms. The maximum absolute atomic E-state index is 5.89. The fraction of sp³-hybridized carbons (Fsp3) is 0.571. The Balaban J connectivity index is 2.50. The first-order valence-electron chi connectivity index (χ1n) is 6.35. The van der Waals surface area contributed by atoms with Gasteiger partial charge in [-0.3, -0.25) is 4.90 Å². The molecule has 2 N–H and O–H groups in total. The molecule has 1 aromatic rings. The van der Waals surface area contributed by atoms with Crippen molar-refractivity contribution in [2.45, 2.75) is 39.8 Å². The van der Waals surface area contributed by atoms with Crippen LogP contribution in [0.15, 0.2) is 22.7 Å². The highest BCUT2D eigenvalue weighted by Gasteiger charge is 2.13. The number of hydrogen-bond donors (Lipinski definition) is 1. The second-order valence-corrected chi connectivity index (χ2v) is 5.87. The molecule has 102 valence electrons. The fourth-order valence-electron chi connectivity index (χ4n) is 2.02. The van der Waals surface area contributed by atoms with Crippen molar-refractivity contribution >= 4 is 21.6 Å². The van der Waals surface area contributed by atoms with E-state index in [4.69, 9.17) is 10.5 Å². The van der Waals surface area contributed by atoms with Crippen LogP contribution in [0.1, 0.15) is 27.7 Å². The number of rotatable bonds is 6. The van der Waals surface area contributed by atoms with E-state index in [9.17, 15) is 0 Å². The Morgan fingerprint density at radius 1 is 1.22 bits per heavy atom. The van der Waals surface area contributed by atoms with Crippen molar-refractivity contribution in [1.82, 2.24) is 4.90 Å². The minimum Gasteiger partial charge on any atom is -0.490 e. The molecule has 0 saturated heterocycles. The van der Waals surface area contributed by atoms with Gasteiger partial charge < -0.3 is 10.5 Å². The van der Waals surface area contributed by atoms with Crippen LogP contribution in [-0.2, 0) is 0 Å². The first-order chi connectivity index (χ1) is 8.41. The molecule has 1 rings (SSSR count). The summed E-state index contributed by atoms with van der Waals surface area (Å²) in [6, 6.07) is 6.74. The maximum atomic E-state index is 5.89. The average molecular weight is 315 g/mol. The smallest absolute Gasteiger partial charge is 0.142 e. The van der Waals surface area contributed by atoms with E-state index in [-0.39, 0.29) is 0 Å². The normalized spacial score (nSPS) is 11.6. The number of nitrogens with zero attached hydrogens (tertiary/aromatic N) is 1. The Morgan fingerprint density at radius 3 is 2.33 bits per heavy atom. The molecule has 18 heavy (non-hydrogen) atoms. The molecule has 0 amide bonds. The van der Waals surface area contributed by atoms with Crippen LogP contribution in [0.4, 0.5) is 5.69 Å². The van der Waals surface area contributed by atoms with Crippen molar-refractivity contribution in [2.75, 3.05) is 18.9 Å². The van der Waals surface area contributed by atoms with Crippen molar-refractivity contribution in [3.63, 3.8) is 0 Å². The number of benzene rings is 1. The van der Waals surface area contributed by atoms with Gasteiger partial charge in [-0.2, -0.15) is 0 Å². The van der Waals surface area contributed by atoms with Crippen LogP contribution < -0.4 is 10.5 Å². The predicted molar refractivity (Wildman–Crippen MR) is 81.0 cm³/mol. The lowest BCUT2D eigenvalue weighted by molar-refractivity contribution is 0.142. The zero-order valence-electron chi connectivity index (χ0n) is 11.6. The summed E-state index contributed by atoms with van der Waals surface area (Å²) in [5.74, 6) is 0.755. The number of nitrogens with two attached hydrogens (primary N) is 1. The lowest BCUT2D eigenvalue weighted by atomic mass is 10.2. The topological polar surface area (TPSA) is 38.5 Å². The summed E-state index contributed by atoms with van der Waals surface area (Å²) >= 11 is 3.38. The largest absolute Gasteiger partial charge is 0.490 e. The molecule has 0 heterocycles. The number of anilines is 1. The van der Waals surface area contributed by atoms with Gasteiger partial charge in [-0.15, -0.1) is 0 Å². The molecule has 0 bridgehead atoms. The van der Waals surface area contributed by atoms with Gasteiger partial charge >= 0.3 is 0 Å². The van der Waals surface area contributed by atoms with Crippen molar-refractivity contribution in [1.29, 1.82) is 0 Å². The van der Waals surface area contributed by atoms with Crippen molar-refractivity contribution in [3.05, 3.63) is 22.7 Å². The molecule has 3 nitrogen and oxygen atoms in total. The summed E-state index contributed by atoms with van der Waals surface area (Å²) in [6.07, 6.45) is 0. The average Bonchev–Trinajstić information content (AvgIpc) is 2.25. The van der Waals surface area contributed by atoms with Gasteiger partial charge in [0.2, 0.25) is 0 Å². The predicted octanol–water partition coefficient (Wildman–Crippen LogP) is 3.53. The molecule has 1 aromatic carbocycles. The highest BCUT2D eigenvalue weighted by molar-refractivity contribution is 9.10.